The van der Waals surface area contributed by atoms with Gasteiger partial charge in [-0.05, 0) is 36.4 Å². The van der Waals surface area contributed by atoms with Crippen molar-refractivity contribution in [2.75, 3.05) is 6.54 Å². The van der Waals surface area contributed by atoms with Gasteiger partial charge in [0, 0.05) is 18.9 Å². The molecule has 0 heterocycles. The van der Waals surface area contributed by atoms with Gasteiger partial charge in [-0.15, -0.1) is 0 Å². The third kappa shape index (κ3) is 3.42. The van der Waals surface area contributed by atoms with Gasteiger partial charge in [-0.3, -0.25) is 4.79 Å². The van der Waals surface area contributed by atoms with Gasteiger partial charge in [-0.1, -0.05) is 38.1 Å². The summed E-state index contributed by atoms with van der Waals surface area (Å²) in [6.45, 7) is 5.21. The number of rotatable bonds is 7. The number of hydrogen-bond acceptors (Lipinski definition) is 2. The number of carbonyl (C=O) groups is 1. The molecular formula is C16H23NO. The van der Waals surface area contributed by atoms with E-state index in [-0.39, 0.29) is 0 Å². The molecule has 0 aromatic heterocycles. The molecule has 0 radical (unpaired) electrons. The fourth-order valence-electron chi connectivity index (χ4n) is 2.60. The van der Waals surface area contributed by atoms with E-state index >= 15 is 0 Å². The van der Waals surface area contributed by atoms with Crippen LogP contribution in [0.4, 0.5) is 0 Å². The standard InChI is InChI=1S/C16H23NO/c1-12(2)17-9-5-7-15(18)11-14-10-13-6-3-4-8-16(13)14/h3-4,6,8,12,14,17H,5,7,9-11H2,1-2H3. The van der Waals surface area contributed by atoms with Crippen molar-refractivity contribution in [3.05, 3.63) is 35.4 Å². The summed E-state index contributed by atoms with van der Waals surface area (Å²) in [4.78, 5) is 11.9. The van der Waals surface area contributed by atoms with Crippen LogP contribution < -0.4 is 5.32 Å². The lowest BCUT2D eigenvalue weighted by Gasteiger charge is -2.29. The second-order valence-corrected chi connectivity index (χ2v) is 5.56. The van der Waals surface area contributed by atoms with E-state index in [1.807, 2.05) is 0 Å². The van der Waals surface area contributed by atoms with Crippen LogP contribution in [0.2, 0.25) is 0 Å². The van der Waals surface area contributed by atoms with Crippen molar-refractivity contribution >= 4 is 5.78 Å². The largest absolute Gasteiger partial charge is 0.315 e. The highest BCUT2D eigenvalue weighted by molar-refractivity contribution is 5.79. The van der Waals surface area contributed by atoms with Gasteiger partial charge in [-0.25, -0.2) is 0 Å². The average molecular weight is 245 g/mol. The average Bonchev–Trinajstić information content (AvgIpc) is 2.31. The van der Waals surface area contributed by atoms with Crippen LogP contribution in [0, 0.1) is 0 Å². The first-order valence-electron chi connectivity index (χ1n) is 6.99. The lowest BCUT2D eigenvalue weighted by Crippen LogP contribution is -2.24. The van der Waals surface area contributed by atoms with E-state index in [4.69, 9.17) is 0 Å². The molecule has 18 heavy (non-hydrogen) atoms. The topological polar surface area (TPSA) is 29.1 Å². The highest BCUT2D eigenvalue weighted by Gasteiger charge is 2.26. The van der Waals surface area contributed by atoms with Crippen LogP contribution in [0.15, 0.2) is 24.3 Å². The molecule has 0 aliphatic heterocycles. The lowest BCUT2D eigenvalue weighted by molar-refractivity contribution is -0.119. The van der Waals surface area contributed by atoms with Crippen LogP contribution in [-0.4, -0.2) is 18.4 Å². The summed E-state index contributed by atoms with van der Waals surface area (Å²) in [5.41, 5.74) is 2.82. The first-order valence-corrected chi connectivity index (χ1v) is 6.99. The van der Waals surface area contributed by atoms with Gasteiger partial charge in [0.15, 0.2) is 0 Å². The maximum absolute atomic E-state index is 11.9. The quantitative estimate of drug-likeness (QED) is 0.748. The second kappa shape index (κ2) is 6.14. The fourth-order valence-corrected chi connectivity index (χ4v) is 2.60. The molecule has 0 saturated carbocycles. The molecular weight excluding hydrogens is 222 g/mol. The number of benzene rings is 1. The Morgan fingerprint density at radius 3 is 2.89 bits per heavy atom. The Morgan fingerprint density at radius 1 is 1.39 bits per heavy atom. The fraction of sp³-hybridized carbons (Fsp3) is 0.562. The van der Waals surface area contributed by atoms with Gasteiger partial charge in [-0.2, -0.15) is 0 Å². The van der Waals surface area contributed by atoms with Crippen molar-refractivity contribution in [1.82, 2.24) is 5.32 Å². The van der Waals surface area contributed by atoms with Crippen molar-refractivity contribution in [2.45, 2.75) is 51.5 Å². The number of carbonyl (C=O) groups excluding carboxylic acids is 1. The van der Waals surface area contributed by atoms with Gasteiger partial charge in [0.25, 0.3) is 0 Å². The molecule has 1 aromatic carbocycles. The zero-order valence-corrected chi connectivity index (χ0v) is 11.4. The molecule has 0 saturated heterocycles. The van der Waals surface area contributed by atoms with Gasteiger partial charge in [0.2, 0.25) is 0 Å². The molecule has 1 atom stereocenters. The highest BCUT2D eigenvalue weighted by Crippen LogP contribution is 2.37. The molecule has 0 fully saturated rings. The Kier molecular flexibility index (Phi) is 4.54. The number of ketones is 1. The summed E-state index contributed by atoms with van der Waals surface area (Å²) < 4.78 is 0. The van der Waals surface area contributed by atoms with Crippen molar-refractivity contribution < 1.29 is 4.79 Å². The summed E-state index contributed by atoms with van der Waals surface area (Å²) in [6, 6.07) is 9.00. The van der Waals surface area contributed by atoms with Crippen LogP contribution in [0.1, 0.15) is 50.2 Å². The minimum atomic E-state index is 0.417. The van der Waals surface area contributed by atoms with Gasteiger partial charge >= 0.3 is 0 Å². The summed E-state index contributed by atoms with van der Waals surface area (Å²) >= 11 is 0. The number of Topliss-reactive ketones (excluding diaryl/α,β-unsaturated/α-hetero) is 1. The zero-order chi connectivity index (χ0) is 13.0. The van der Waals surface area contributed by atoms with Crippen molar-refractivity contribution in [2.24, 2.45) is 0 Å². The molecule has 1 aromatic rings. The van der Waals surface area contributed by atoms with Gasteiger partial charge in [0.05, 0.1) is 0 Å². The molecule has 98 valence electrons. The smallest absolute Gasteiger partial charge is 0.133 e. The van der Waals surface area contributed by atoms with E-state index in [1.165, 1.54) is 11.1 Å². The molecule has 0 bridgehead atoms. The summed E-state index contributed by atoms with van der Waals surface area (Å²) in [5, 5.41) is 3.35. The van der Waals surface area contributed by atoms with Crippen LogP contribution >= 0.6 is 0 Å². The Hall–Kier alpha value is -1.15. The van der Waals surface area contributed by atoms with E-state index in [1.54, 1.807) is 0 Å². The van der Waals surface area contributed by atoms with Crippen molar-refractivity contribution in [3.8, 4) is 0 Å². The molecule has 2 heteroatoms. The van der Waals surface area contributed by atoms with Crippen LogP contribution in [0.25, 0.3) is 0 Å². The summed E-state index contributed by atoms with van der Waals surface area (Å²) in [7, 11) is 0. The Balaban J connectivity index is 1.67. The van der Waals surface area contributed by atoms with E-state index in [2.05, 4.69) is 43.4 Å². The lowest BCUT2D eigenvalue weighted by atomic mass is 9.75. The Labute approximate surface area is 110 Å². The Morgan fingerprint density at radius 2 is 2.17 bits per heavy atom. The molecule has 0 spiro atoms. The van der Waals surface area contributed by atoms with Gasteiger partial charge < -0.3 is 5.32 Å². The van der Waals surface area contributed by atoms with Crippen LogP contribution in [0.5, 0.6) is 0 Å². The van der Waals surface area contributed by atoms with Crippen LogP contribution in [-0.2, 0) is 11.2 Å². The predicted octanol–water partition coefficient (Wildman–Crippen LogP) is 3.06. The second-order valence-electron chi connectivity index (χ2n) is 5.56. The van der Waals surface area contributed by atoms with E-state index < -0.39 is 0 Å². The first kappa shape index (κ1) is 13.3. The van der Waals surface area contributed by atoms with Crippen molar-refractivity contribution in [1.29, 1.82) is 0 Å². The summed E-state index contributed by atoms with van der Waals surface area (Å²) in [5.74, 6) is 0.909. The third-order valence-corrected chi connectivity index (χ3v) is 3.62. The molecule has 0 amide bonds. The molecule has 1 unspecified atom stereocenters. The normalized spacial score (nSPS) is 17.4. The molecule has 1 N–H and O–H groups in total. The maximum Gasteiger partial charge on any atom is 0.133 e. The molecule has 2 nitrogen and oxygen atoms in total. The monoisotopic (exact) mass is 245 g/mol. The maximum atomic E-state index is 11.9. The molecule has 2 rings (SSSR count). The minimum Gasteiger partial charge on any atom is -0.315 e. The van der Waals surface area contributed by atoms with E-state index in [0.29, 0.717) is 17.7 Å². The number of fused-ring (bicyclic) bond motifs is 1. The number of hydrogen-bond donors (Lipinski definition) is 1. The summed E-state index contributed by atoms with van der Waals surface area (Å²) in [6.07, 6.45) is 3.51. The first-order chi connectivity index (χ1) is 8.66. The molecule has 1 aliphatic carbocycles. The zero-order valence-electron chi connectivity index (χ0n) is 11.4. The van der Waals surface area contributed by atoms with E-state index in [0.717, 1.165) is 32.2 Å². The molecule has 1 aliphatic rings. The van der Waals surface area contributed by atoms with Crippen molar-refractivity contribution in [3.63, 3.8) is 0 Å². The van der Waals surface area contributed by atoms with Crippen LogP contribution in [0.3, 0.4) is 0 Å². The van der Waals surface area contributed by atoms with E-state index in [9.17, 15) is 4.79 Å². The SMILES string of the molecule is CC(C)NCCCC(=O)CC1Cc2ccccc21. The number of nitrogens with one attached hydrogen (secondary N) is 1. The Bertz CT molecular complexity index is 411. The predicted molar refractivity (Wildman–Crippen MR) is 74.9 cm³/mol. The third-order valence-electron chi connectivity index (χ3n) is 3.62. The minimum absolute atomic E-state index is 0.417. The highest BCUT2D eigenvalue weighted by atomic mass is 16.1. The van der Waals surface area contributed by atoms with Gasteiger partial charge in [0.1, 0.15) is 5.78 Å².